The van der Waals surface area contributed by atoms with Crippen LogP contribution < -0.4 is 5.32 Å². The number of hydrogen-bond acceptors (Lipinski definition) is 5. The SMILES string of the molecule is COCCC(=O)N1CCC(Nc2ncnc3ccc(Br)cc23)CC1. The maximum atomic E-state index is 12.0. The van der Waals surface area contributed by atoms with Crippen LogP contribution in [0.1, 0.15) is 19.3 Å². The number of rotatable bonds is 5. The Morgan fingerprint density at radius 3 is 2.92 bits per heavy atom. The van der Waals surface area contributed by atoms with Crippen molar-refractivity contribution in [1.82, 2.24) is 14.9 Å². The monoisotopic (exact) mass is 392 g/mol. The molecule has 0 bridgehead atoms. The number of ether oxygens (including phenoxy) is 1. The van der Waals surface area contributed by atoms with Crippen molar-refractivity contribution in [2.75, 3.05) is 32.1 Å². The van der Waals surface area contributed by atoms with Crippen LogP contribution in [-0.2, 0) is 9.53 Å². The Labute approximate surface area is 149 Å². The predicted octanol–water partition coefficient (Wildman–Crippen LogP) is 2.83. The van der Waals surface area contributed by atoms with Gasteiger partial charge in [-0.15, -0.1) is 0 Å². The van der Waals surface area contributed by atoms with Gasteiger partial charge in [0.1, 0.15) is 12.1 Å². The standard InChI is InChI=1S/C17H21BrN4O2/c1-24-9-6-16(23)22-7-4-13(5-8-22)21-17-14-10-12(18)2-3-15(14)19-11-20-17/h2-3,10-11,13H,4-9H2,1H3,(H,19,20,21). The molecule has 2 heterocycles. The Kier molecular flexibility index (Phi) is 5.63. The first-order valence-electron chi connectivity index (χ1n) is 8.11. The molecule has 7 heteroatoms. The molecule has 128 valence electrons. The molecule has 6 nitrogen and oxygen atoms in total. The Morgan fingerprint density at radius 2 is 2.17 bits per heavy atom. The molecule has 1 aromatic heterocycles. The number of halogens is 1. The van der Waals surface area contributed by atoms with Crippen molar-refractivity contribution in [3.8, 4) is 0 Å². The molecule has 0 radical (unpaired) electrons. The number of likely N-dealkylation sites (tertiary alicyclic amines) is 1. The molecular weight excluding hydrogens is 372 g/mol. The second-order valence-electron chi connectivity index (χ2n) is 5.93. The van der Waals surface area contributed by atoms with Crippen molar-refractivity contribution in [2.45, 2.75) is 25.3 Å². The fourth-order valence-corrected chi connectivity index (χ4v) is 3.32. The van der Waals surface area contributed by atoms with Gasteiger partial charge in [0.25, 0.3) is 0 Å². The van der Waals surface area contributed by atoms with E-state index < -0.39 is 0 Å². The number of hydrogen-bond donors (Lipinski definition) is 1. The molecule has 0 saturated carbocycles. The predicted molar refractivity (Wildman–Crippen MR) is 97.0 cm³/mol. The van der Waals surface area contributed by atoms with E-state index >= 15 is 0 Å². The summed E-state index contributed by atoms with van der Waals surface area (Å²) in [4.78, 5) is 22.7. The molecule has 0 unspecified atom stereocenters. The Balaban J connectivity index is 1.62. The van der Waals surface area contributed by atoms with Crippen molar-refractivity contribution in [3.63, 3.8) is 0 Å². The van der Waals surface area contributed by atoms with Gasteiger partial charge in [-0.1, -0.05) is 15.9 Å². The van der Waals surface area contributed by atoms with Crippen molar-refractivity contribution in [1.29, 1.82) is 0 Å². The number of methoxy groups -OCH3 is 1. The number of amides is 1. The summed E-state index contributed by atoms with van der Waals surface area (Å²) in [7, 11) is 1.62. The van der Waals surface area contributed by atoms with Gasteiger partial charge in [0, 0.05) is 36.1 Å². The van der Waals surface area contributed by atoms with Gasteiger partial charge in [0.05, 0.1) is 18.5 Å². The van der Waals surface area contributed by atoms with Gasteiger partial charge in [-0.2, -0.15) is 0 Å². The number of benzene rings is 1. The second kappa shape index (κ2) is 7.90. The summed E-state index contributed by atoms with van der Waals surface area (Å²) in [5.74, 6) is 1.03. The third-order valence-corrected chi connectivity index (χ3v) is 4.80. The summed E-state index contributed by atoms with van der Waals surface area (Å²) >= 11 is 3.50. The summed E-state index contributed by atoms with van der Waals surface area (Å²) in [5.41, 5.74) is 0.919. The number of carbonyl (C=O) groups excluding carboxylic acids is 1. The average Bonchev–Trinajstić information content (AvgIpc) is 2.61. The van der Waals surface area contributed by atoms with Gasteiger partial charge >= 0.3 is 0 Å². The van der Waals surface area contributed by atoms with Crippen LogP contribution in [0.25, 0.3) is 10.9 Å². The van der Waals surface area contributed by atoms with E-state index in [1.165, 1.54) is 0 Å². The third kappa shape index (κ3) is 4.02. The summed E-state index contributed by atoms with van der Waals surface area (Å²) < 4.78 is 5.98. The lowest BCUT2D eigenvalue weighted by Crippen LogP contribution is -2.42. The topological polar surface area (TPSA) is 67.3 Å². The minimum atomic E-state index is 0.173. The molecule has 0 atom stereocenters. The summed E-state index contributed by atoms with van der Waals surface area (Å²) in [6.07, 6.45) is 3.87. The zero-order chi connectivity index (χ0) is 16.9. The van der Waals surface area contributed by atoms with Crippen LogP contribution in [0, 0.1) is 0 Å². The highest BCUT2D eigenvalue weighted by Crippen LogP contribution is 2.25. The number of carbonyl (C=O) groups is 1. The van der Waals surface area contributed by atoms with E-state index in [-0.39, 0.29) is 5.91 Å². The Bertz CT molecular complexity index is 717. The molecule has 0 aliphatic carbocycles. The van der Waals surface area contributed by atoms with E-state index in [1.54, 1.807) is 13.4 Å². The van der Waals surface area contributed by atoms with Crippen molar-refractivity contribution in [2.24, 2.45) is 0 Å². The number of nitrogens with zero attached hydrogens (tertiary/aromatic N) is 3. The molecule has 1 fully saturated rings. The average molecular weight is 393 g/mol. The van der Waals surface area contributed by atoms with Gasteiger partial charge < -0.3 is 15.0 Å². The van der Waals surface area contributed by atoms with Gasteiger partial charge in [-0.3, -0.25) is 4.79 Å². The van der Waals surface area contributed by atoms with Crippen LogP contribution >= 0.6 is 15.9 Å². The van der Waals surface area contributed by atoms with Crippen LogP contribution in [-0.4, -0.2) is 53.6 Å². The lowest BCUT2D eigenvalue weighted by atomic mass is 10.0. The molecule has 2 aromatic rings. The Morgan fingerprint density at radius 1 is 1.38 bits per heavy atom. The lowest BCUT2D eigenvalue weighted by molar-refractivity contribution is -0.133. The van der Waals surface area contributed by atoms with Gasteiger partial charge in [0.2, 0.25) is 5.91 Å². The number of piperidine rings is 1. The quantitative estimate of drug-likeness (QED) is 0.846. The first-order valence-corrected chi connectivity index (χ1v) is 8.90. The largest absolute Gasteiger partial charge is 0.384 e. The maximum Gasteiger partial charge on any atom is 0.224 e. The maximum absolute atomic E-state index is 12.0. The number of fused-ring (bicyclic) bond motifs is 1. The normalized spacial score (nSPS) is 15.7. The number of anilines is 1. The van der Waals surface area contributed by atoms with E-state index in [1.807, 2.05) is 23.1 Å². The minimum Gasteiger partial charge on any atom is -0.384 e. The van der Waals surface area contributed by atoms with E-state index in [2.05, 4.69) is 31.2 Å². The second-order valence-corrected chi connectivity index (χ2v) is 6.84. The van der Waals surface area contributed by atoms with Gasteiger partial charge in [0.15, 0.2) is 0 Å². The van der Waals surface area contributed by atoms with E-state index in [9.17, 15) is 4.79 Å². The molecule has 1 N–H and O–H groups in total. The smallest absolute Gasteiger partial charge is 0.224 e. The summed E-state index contributed by atoms with van der Waals surface area (Å²) in [6.45, 7) is 2.03. The van der Waals surface area contributed by atoms with Gasteiger partial charge in [-0.05, 0) is 31.0 Å². The molecule has 1 amide bonds. The highest BCUT2D eigenvalue weighted by molar-refractivity contribution is 9.10. The zero-order valence-electron chi connectivity index (χ0n) is 13.7. The first kappa shape index (κ1) is 17.1. The van der Waals surface area contributed by atoms with Crippen LogP contribution in [0.3, 0.4) is 0 Å². The van der Waals surface area contributed by atoms with Crippen LogP contribution in [0.5, 0.6) is 0 Å². The number of nitrogens with one attached hydrogen (secondary N) is 1. The zero-order valence-corrected chi connectivity index (χ0v) is 15.3. The van der Waals surface area contributed by atoms with Gasteiger partial charge in [-0.25, -0.2) is 9.97 Å². The summed E-state index contributed by atoms with van der Waals surface area (Å²) in [6, 6.07) is 6.29. The number of aromatic nitrogens is 2. The molecule has 3 rings (SSSR count). The highest BCUT2D eigenvalue weighted by Gasteiger charge is 2.23. The Hall–Kier alpha value is -1.73. The minimum absolute atomic E-state index is 0.173. The molecule has 0 spiro atoms. The van der Waals surface area contributed by atoms with Crippen LogP contribution in [0.4, 0.5) is 5.82 Å². The van der Waals surface area contributed by atoms with E-state index in [0.29, 0.717) is 19.1 Å². The molecular formula is C17H21BrN4O2. The fourth-order valence-electron chi connectivity index (χ4n) is 2.96. The van der Waals surface area contributed by atoms with E-state index in [4.69, 9.17) is 4.74 Å². The highest BCUT2D eigenvalue weighted by atomic mass is 79.9. The van der Waals surface area contributed by atoms with E-state index in [0.717, 1.165) is 47.1 Å². The first-order chi connectivity index (χ1) is 11.7. The summed E-state index contributed by atoms with van der Waals surface area (Å²) in [5, 5.41) is 4.52. The third-order valence-electron chi connectivity index (χ3n) is 4.31. The molecule has 1 aromatic carbocycles. The molecule has 24 heavy (non-hydrogen) atoms. The van der Waals surface area contributed by atoms with Crippen molar-refractivity contribution in [3.05, 3.63) is 29.0 Å². The van der Waals surface area contributed by atoms with Crippen LogP contribution in [0.15, 0.2) is 29.0 Å². The fraction of sp³-hybridized carbons (Fsp3) is 0.471. The molecule has 1 aliphatic rings. The lowest BCUT2D eigenvalue weighted by Gasteiger charge is -2.32. The van der Waals surface area contributed by atoms with Crippen molar-refractivity contribution < 1.29 is 9.53 Å². The molecule has 1 saturated heterocycles. The molecule has 1 aliphatic heterocycles. The van der Waals surface area contributed by atoms with Crippen LogP contribution in [0.2, 0.25) is 0 Å². The van der Waals surface area contributed by atoms with Crippen molar-refractivity contribution >= 4 is 38.6 Å².